The predicted molar refractivity (Wildman–Crippen MR) is 49.0 cm³/mol. The highest BCUT2D eigenvalue weighted by molar-refractivity contribution is 5.06. The van der Waals surface area contributed by atoms with Crippen LogP contribution in [0.3, 0.4) is 0 Å². The van der Waals surface area contributed by atoms with E-state index in [9.17, 15) is 18.3 Å². The maximum absolute atomic E-state index is 12.9. The maximum atomic E-state index is 12.9. The van der Waals surface area contributed by atoms with Crippen molar-refractivity contribution in [1.82, 2.24) is 0 Å². The Balaban J connectivity index is 2.31. The van der Waals surface area contributed by atoms with Crippen LogP contribution in [0.15, 0.2) is 0 Å². The van der Waals surface area contributed by atoms with Crippen molar-refractivity contribution >= 4 is 0 Å². The summed E-state index contributed by atoms with van der Waals surface area (Å²) in [4.78, 5) is 0. The van der Waals surface area contributed by atoms with Crippen molar-refractivity contribution in [3.05, 3.63) is 0 Å². The first-order valence-corrected chi connectivity index (χ1v) is 5.40. The molecular formula is C10H16F3NO. The van der Waals surface area contributed by atoms with E-state index in [1.165, 1.54) is 0 Å². The third-order valence-corrected chi connectivity index (χ3v) is 3.98. The fourth-order valence-corrected chi connectivity index (χ4v) is 3.27. The van der Waals surface area contributed by atoms with E-state index in [-0.39, 0.29) is 6.04 Å². The molecule has 2 aliphatic rings. The van der Waals surface area contributed by atoms with Gasteiger partial charge in [-0.25, -0.2) is 0 Å². The van der Waals surface area contributed by atoms with Gasteiger partial charge in [-0.1, -0.05) is 6.42 Å². The Hall–Kier alpha value is -0.290. The first-order valence-electron chi connectivity index (χ1n) is 5.40. The smallest absolute Gasteiger partial charge is 0.380 e. The van der Waals surface area contributed by atoms with Crippen LogP contribution >= 0.6 is 0 Å². The molecule has 0 aromatic carbocycles. The predicted octanol–water partition coefficient (Wildman–Crippen LogP) is 1.82. The number of aliphatic hydroxyl groups is 1. The van der Waals surface area contributed by atoms with Crippen molar-refractivity contribution in [2.24, 2.45) is 17.6 Å². The van der Waals surface area contributed by atoms with Crippen LogP contribution in [0.5, 0.6) is 0 Å². The van der Waals surface area contributed by atoms with Gasteiger partial charge >= 0.3 is 6.18 Å². The fourth-order valence-electron chi connectivity index (χ4n) is 3.27. The average molecular weight is 223 g/mol. The summed E-state index contributed by atoms with van der Waals surface area (Å²) < 4.78 is 38.6. The zero-order valence-electron chi connectivity index (χ0n) is 8.43. The summed E-state index contributed by atoms with van der Waals surface area (Å²) in [5, 5.41) is 9.92. The minimum Gasteiger partial charge on any atom is -0.380 e. The minimum absolute atomic E-state index is 0.178. The van der Waals surface area contributed by atoms with Gasteiger partial charge in [0.15, 0.2) is 5.60 Å². The first kappa shape index (κ1) is 11.2. The van der Waals surface area contributed by atoms with Crippen LogP contribution in [0, 0.1) is 11.8 Å². The molecule has 2 unspecified atom stereocenters. The van der Waals surface area contributed by atoms with Crippen LogP contribution in [-0.2, 0) is 0 Å². The third-order valence-electron chi connectivity index (χ3n) is 3.98. The summed E-state index contributed by atoms with van der Waals surface area (Å²) in [6.07, 6.45) is -2.25. The van der Waals surface area contributed by atoms with Gasteiger partial charge in [-0.15, -0.1) is 0 Å². The Morgan fingerprint density at radius 1 is 1.13 bits per heavy atom. The maximum Gasteiger partial charge on any atom is 0.417 e. The lowest BCUT2D eigenvalue weighted by atomic mass is 9.60. The SMILES string of the molecule is NC1CC2CCCC(C1)C2(O)C(F)(F)F. The molecule has 2 saturated carbocycles. The second kappa shape index (κ2) is 3.35. The Kier molecular flexibility index (Phi) is 2.50. The molecule has 2 nitrogen and oxygen atoms in total. The molecule has 15 heavy (non-hydrogen) atoms. The highest BCUT2D eigenvalue weighted by Crippen LogP contribution is 2.54. The molecule has 2 aliphatic carbocycles. The van der Waals surface area contributed by atoms with E-state index in [4.69, 9.17) is 5.73 Å². The molecule has 0 amide bonds. The van der Waals surface area contributed by atoms with Crippen LogP contribution in [0.1, 0.15) is 32.1 Å². The monoisotopic (exact) mass is 223 g/mol. The lowest BCUT2D eigenvalue weighted by Crippen LogP contribution is -2.63. The molecule has 2 atom stereocenters. The molecule has 0 spiro atoms. The van der Waals surface area contributed by atoms with Gasteiger partial charge < -0.3 is 10.8 Å². The van der Waals surface area contributed by atoms with Gasteiger partial charge in [-0.05, 0) is 37.5 Å². The van der Waals surface area contributed by atoms with Gasteiger partial charge in [-0.2, -0.15) is 13.2 Å². The van der Waals surface area contributed by atoms with Crippen molar-refractivity contribution < 1.29 is 18.3 Å². The van der Waals surface area contributed by atoms with Crippen molar-refractivity contribution in [3.63, 3.8) is 0 Å². The lowest BCUT2D eigenvalue weighted by molar-refractivity contribution is -0.316. The van der Waals surface area contributed by atoms with Crippen LogP contribution in [-0.4, -0.2) is 22.9 Å². The molecular weight excluding hydrogens is 207 g/mol. The van der Waals surface area contributed by atoms with Crippen molar-refractivity contribution in [3.8, 4) is 0 Å². The lowest BCUT2D eigenvalue weighted by Gasteiger charge is -2.51. The number of hydrogen-bond acceptors (Lipinski definition) is 2. The number of hydrogen-bond donors (Lipinski definition) is 2. The highest BCUT2D eigenvalue weighted by atomic mass is 19.4. The molecule has 5 heteroatoms. The topological polar surface area (TPSA) is 46.2 Å². The Morgan fingerprint density at radius 3 is 2.00 bits per heavy atom. The van der Waals surface area contributed by atoms with Gasteiger partial charge in [0.25, 0.3) is 0 Å². The van der Waals surface area contributed by atoms with E-state index in [2.05, 4.69) is 0 Å². The molecule has 2 bridgehead atoms. The molecule has 2 fully saturated rings. The molecule has 0 saturated heterocycles. The van der Waals surface area contributed by atoms with E-state index < -0.39 is 23.6 Å². The van der Waals surface area contributed by atoms with E-state index >= 15 is 0 Å². The standard InChI is InChI=1S/C10H16F3NO/c11-10(12,13)9(15)6-2-1-3-7(9)5-8(14)4-6/h6-8,15H,1-5,14H2. The summed E-state index contributed by atoms with van der Waals surface area (Å²) in [7, 11) is 0. The molecule has 0 aromatic rings. The van der Waals surface area contributed by atoms with Crippen molar-refractivity contribution in [2.45, 2.75) is 49.9 Å². The summed E-state index contributed by atoms with van der Waals surface area (Å²) in [5.41, 5.74) is 3.24. The average Bonchev–Trinajstić information content (AvgIpc) is 2.05. The van der Waals surface area contributed by atoms with Crippen LogP contribution in [0.4, 0.5) is 13.2 Å². The van der Waals surface area contributed by atoms with Crippen LogP contribution < -0.4 is 5.73 Å². The van der Waals surface area contributed by atoms with Crippen LogP contribution in [0.25, 0.3) is 0 Å². The quantitative estimate of drug-likeness (QED) is 0.658. The largest absolute Gasteiger partial charge is 0.417 e. The van der Waals surface area contributed by atoms with Gasteiger partial charge in [0.1, 0.15) is 0 Å². The Bertz CT molecular complexity index is 240. The number of halogens is 3. The Morgan fingerprint density at radius 2 is 1.60 bits per heavy atom. The second-order valence-corrected chi connectivity index (χ2v) is 4.88. The molecule has 0 aliphatic heterocycles. The molecule has 0 aromatic heterocycles. The van der Waals surface area contributed by atoms with E-state index in [0.717, 1.165) is 6.42 Å². The molecule has 3 N–H and O–H groups in total. The Labute approximate surface area is 86.6 Å². The van der Waals surface area contributed by atoms with Crippen molar-refractivity contribution in [2.75, 3.05) is 0 Å². The van der Waals surface area contributed by atoms with Gasteiger partial charge in [-0.3, -0.25) is 0 Å². The molecule has 2 rings (SSSR count). The summed E-state index contributed by atoms with van der Waals surface area (Å²) in [6.45, 7) is 0. The van der Waals surface area contributed by atoms with E-state index in [1.807, 2.05) is 0 Å². The molecule has 88 valence electrons. The first-order chi connectivity index (χ1) is 6.85. The molecule has 0 heterocycles. The molecule has 0 radical (unpaired) electrons. The summed E-state index contributed by atoms with van der Waals surface area (Å²) >= 11 is 0. The number of nitrogens with two attached hydrogens (primary N) is 1. The van der Waals surface area contributed by atoms with E-state index in [1.54, 1.807) is 0 Å². The fraction of sp³-hybridized carbons (Fsp3) is 1.00. The van der Waals surface area contributed by atoms with Gasteiger partial charge in [0.2, 0.25) is 0 Å². The second-order valence-electron chi connectivity index (χ2n) is 4.88. The highest BCUT2D eigenvalue weighted by Gasteiger charge is 2.65. The minimum atomic E-state index is -4.51. The van der Waals surface area contributed by atoms with E-state index in [0.29, 0.717) is 25.7 Å². The summed E-state index contributed by atoms with van der Waals surface area (Å²) in [5.74, 6) is -1.39. The van der Waals surface area contributed by atoms with Crippen molar-refractivity contribution in [1.29, 1.82) is 0 Å². The summed E-state index contributed by atoms with van der Waals surface area (Å²) in [6, 6.07) is -0.178. The number of alkyl halides is 3. The zero-order valence-corrected chi connectivity index (χ0v) is 8.43. The number of rotatable bonds is 0. The van der Waals surface area contributed by atoms with Gasteiger partial charge in [0, 0.05) is 6.04 Å². The third kappa shape index (κ3) is 1.56. The van der Waals surface area contributed by atoms with Crippen LogP contribution in [0.2, 0.25) is 0 Å². The van der Waals surface area contributed by atoms with Gasteiger partial charge in [0.05, 0.1) is 0 Å². The number of fused-ring (bicyclic) bond motifs is 2. The zero-order chi connectivity index (χ0) is 11.3. The normalized spacial score (nSPS) is 46.6.